The average Bonchev–Trinajstić information content (AvgIpc) is 2.74. The monoisotopic (exact) mass is 397 g/mol. The topological polar surface area (TPSA) is 51.7 Å². The quantitative estimate of drug-likeness (QED) is 0.387. The van der Waals surface area contributed by atoms with Crippen LogP contribution in [0.3, 0.4) is 0 Å². The Kier molecular flexibility index (Phi) is 9.31. The molecule has 0 unspecified atom stereocenters. The van der Waals surface area contributed by atoms with Gasteiger partial charge in [-0.3, -0.25) is 4.99 Å². The van der Waals surface area contributed by atoms with Gasteiger partial charge in [-0.25, -0.2) is 4.57 Å². The Morgan fingerprint density at radius 1 is 1.25 bits per heavy atom. The van der Waals surface area contributed by atoms with Gasteiger partial charge in [0.25, 0.3) is 0 Å². The van der Waals surface area contributed by atoms with E-state index in [-0.39, 0.29) is 6.61 Å². The number of aliphatic imine (C=N–C) groups is 1. The molecule has 0 spiro atoms. The van der Waals surface area contributed by atoms with Gasteiger partial charge in [-0.1, -0.05) is 48.7 Å². The lowest BCUT2D eigenvalue weighted by molar-refractivity contribution is -0.692. The summed E-state index contributed by atoms with van der Waals surface area (Å²) in [4.78, 5) is 6.21. The van der Waals surface area contributed by atoms with Crippen LogP contribution in [0.5, 0.6) is 0 Å². The lowest BCUT2D eigenvalue weighted by Gasteiger charge is -2.14. The van der Waals surface area contributed by atoms with Crippen molar-refractivity contribution in [2.75, 3.05) is 38.3 Å². The maximum atomic E-state index is 9.00. The third kappa shape index (κ3) is 6.87. The largest absolute Gasteiger partial charge is 0.395 e. The number of rotatable bonds is 9. The summed E-state index contributed by atoms with van der Waals surface area (Å²) in [5.74, 6) is 0.939. The molecular formula is C22H29N4OS+. The van der Waals surface area contributed by atoms with Crippen LogP contribution in [0.2, 0.25) is 0 Å². The Labute approximate surface area is 172 Å². The molecule has 2 aromatic rings. The molecule has 1 heterocycles. The Balaban J connectivity index is 1.92. The smallest absolute Gasteiger partial charge is 0.169 e. The number of para-hydroxylation sites is 1. The van der Waals surface area contributed by atoms with Gasteiger partial charge in [0.1, 0.15) is 0 Å². The van der Waals surface area contributed by atoms with E-state index in [9.17, 15) is 0 Å². The van der Waals surface area contributed by atoms with Gasteiger partial charge < -0.3 is 15.3 Å². The van der Waals surface area contributed by atoms with Crippen molar-refractivity contribution in [3.63, 3.8) is 0 Å². The van der Waals surface area contributed by atoms with Gasteiger partial charge in [-0.15, -0.1) is 0 Å². The molecule has 0 radical (unpaired) electrons. The zero-order chi connectivity index (χ0) is 20.2. The minimum Gasteiger partial charge on any atom is -0.395 e. The number of nitrogens with zero attached hydrogens (tertiary/aromatic N) is 3. The average molecular weight is 398 g/mol. The summed E-state index contributed by atoms with van der Waals surface area (Å²) in [6, 6.07) is 12.3. The van der Waals surface area contributed by atoms with Gasteiger partial charge in [0, 0.05) is 38.5 Å². The van der Waals surface area contributed by atoms with Crippen LogP contribution in [0, 0.1) is 0 Å². The molecule has 0 amide bonds. The fraction of sp³-hybridized carbons (Fsp3) is 0.273. The Bertz CT molecular complexity index is 802. The molecular weight excluding hydrogens is 368 g/mol. The number of hydrogen-bond donors (Lipinski definition) is 2. The lowest BCUT2D eigenvalue weighted by atomic mass is 10.1. The third-order valence-electron chi connectivity index (χ3n) is 4.11. The molecule has 5 nitrogen and oxygen atoms in total. The van der Waals surface area contributed by atoms with E-state index in [0.29, 0.717) is 6.54 Å². The maximum Gasteiger partial charge on any atom is 0.169 e. The van der Waals surface area contributed by atoms with Crippen LogP contribution in [0.25, 0.3) is 12.2 Å². The first kappa shape index (κ1) is 21.7. The van der Waals surface area contributed by atoms with Crippen LogP contribution in [0.4, 0.5) is 5.69 Å². The number of hydrogen-bond acceptors (Lipinski definition) is 4. The molecule has 1 aromatic heterocycles. The molecule has 6 heteroatoms. The van der Waals surface area contributed by atoms with Crippen LogP contribution < -0.4 is 9.88 Å². The van der Waals surface area contributed by atoms with E-state index in [1.165, 1.54) is 0 Å². The number of nitrogens with one attached hydrogen (secondary N) is 1. The second-order valence-corrected chi connectivity index (χ2v) is 7.15. The Morgan fingerprint density at radius 3 is 2.68 bits per heavy atom. The summed E-state index contributed by atoms with van der Waals surface area (Å²) in [5.41, 5.74) is 3.26. The number of anilines is 1. The maximum absolute atomic E-state index is 9.00. The van der Waals surface area contributed by atoms with Crippen molar-refractivity contribution in [3.8, 4) is 0 Å². The third-order valence-corrected chi connectivity index (χ3v) is 5.22. The van der Waals surface area contributed by atoms with E-state index < -0.39 is 0 Å². The molecule has 2 rings (SSSR count). The highest BCUT2D eigenvalue weighted by Crippen LogP contribution is 2.17. The summed E-state index contributed by atoms with van der Waals surface area (Å²) in [5, 5.41) is 13.2. The number of benzene rings is 1. The van der Waals surface area contributed by atoms with E-state index in [4.69, 9.17) is 5.11 Å². The van der Waals surface area contributed by atoms with Crippen molar-refractivity contribution in [1.29, 1.82) is 0 Å². The highest BCUT2D eigenvalue weighted by molar-refractivity contribution is 8.13. The molecule has 0 aliphatic rings. The van der Waals surface area contributed by atoms with E-state index in [1.807, 2.05) is 30.1 Å². The summed E-state index contributed by atoms with van der Waals surface area (Å²) < 4.78 is 2.17. The molecule has 0 fully saturated rings. The van der Waals surface area contributed by atoms with Crippen LogP contribution in [0.15, 0.2) is 66.6 Å². The van der Waals surface area contributed by atoms with Crippen LogP contribution in [-0.4, -0.2) is 48.2 Å². The lowest BCUT2D eigenvalue weighted by Crippen LogP contribution is -2.34. The molecule has 0 bridgehead atoms. The molecule has 1 aromatic carbocycles. The molecule has 0 saturated heterocycles. The van der Waals surface area contributed by atoms with Gasteiger partial charge in [0.2, 0.25) is 0 Å². The van der Waals surface area contributed by atoms with Crippen molar-refractivity contribution in [2.45, 2.75) is 6.54 Å². The first-order chi connectivity index (χ1) is 13.7. The highest BCUT2D eigenvalue weighted by atomic mass is 32.2. The van der Waals surface area contributed by atoms with E-state index in [0.717, 1.165) is 34.3 Å². The first-order valence-corrected chi connectivity index (χ1v) is 10.2. The predicted molar refractivity (Wildman–Crippen MR) is 121 cm³/mol. The number of amidine groups is 1. The van der Waals surface area contributed by atoms with Crippen LogP contribution in [0.1, 0.15) is 11.1 Å². The number of aryl methyl sites for hydroxylation is 1. The normalized spacial score (nSPS) is 11.6. The van der Waals surface area contributed by atoms with Gasteiger partial charge in [0.15, 0.2) is 24.1 Å². The van der Waals surface area contributed by atoms with Gasteiger partial charge in [0.05, 0.1) is 12.4 Å². The zero-order valence-electron chi connectivity index (χ0n) is 16.6. The van der Waals surface area contributed by atoms with Gasteiger partial charge in [-0.05, 0) is 23.4 Å². The highest BCUT2D eigenvalue weighted by Gasteiger charge is 2.06. The van der Waals surface area contributed by atoms with Gasteiger partial charge >= 0.3 is 0 Å². The Hall–Kier alpha value is -2.57. The molecule has 28 heavy (non-hydrogen) atoms. The zero-order valence-corrected chi connectivity index (χ0v) is 17.4. The minimum atomic E-state index is 0.116. The van der Waals surface area contributed by atoms with Crippen LogP contribution in [-0.2, 0) is 6.54 Å². The molecule has 0 atom stereocenters. The predicted octanol–water partition coefficient (Wildman–Crippen LogP) is 3.34. The van der Waals surface area contributed by atoms with Crippen molar-refractivity contribution >= 4 is 34.8 Å². The minimum absolute atomic E-state index is 0.116. The van der Waals surface area contributed by atoms with Crippen LogP contribution >= 0.6 is 11.8 Å². The number of aliphatic hydroxyl groups excluding tert-OH is 1. The summed E-state index contributed by atoms with van der Waals surface area (Å²) >= 11 is 1.71. The number of pyridine rings is 1. The molecule has 0 aliphatic heterocycles. The van der Waals surface area contributed by atoms with Crippen molar-refractivity contribution in [2.24, 2.45) is 4.99 Å². The van der Waals surface area contributed by atoms with E-state index in [1.54, 1.807) is 25.0 Å². The fourth-order valence-corrected chi connectivity index (χ4v) is 3.45. The number of thioether (sulfide) groups is 1. The van der Waals surface area contributed by atoms with E-state index >= 15 is 0 Å². The molecule has 0 saturated carbocycles. The van der Waals surface area contributed by atoms with Crippen molar-refractivity contribution < 1.29 is 9.67 Å². The van der Waals surface area contributed by atoms with Gasteiger partial charge in [-0.2, -0.15) is 0 Å². The summed E-state index contributed by atoms with van der Waals surface area (Å²) in [6.07, 6.45) is 10.1. The van der Waals surface area contributed by atoms with Crippen molar-refractivity contribution in [3.05, 3.63) is 72.7 Å². The Morgan fingerprint density at radius 2 is 2.00 bits per heavy atom. The summed E-state index contributed by atoms with van der Waals surface area (Å²) in [7, 11) is 3.75. The molecule has 2 N–H and O–H groups in total. The van der Waals surface area contributed by atoms with Crippen molar-refractivity contribution in [1.82, 2.24) is 4.90 Å². The second kappa shape index (κ2) is 12.0. The second-order valence-electron chi connectivity index (χ2n) is 6.09. The standard InChI is InChI=1S/C22H28N4OS/c1-4-25(3)22(23-2)28-18-16-26-14-11-19(12-15-26)9-10-20-7-5-6-8-21(20)24-13-17-27/h4-12,14-15,27H,1,13,16-18H2,2-3H3/p+1. The number of aromatic nitrogens is 1. The molecule has 0 aliphatic carbocycles. The van der Waals surface area contributed by atoms with E-state index in [2.05, 4.69) is 64.2 Å². The SMILES string of the molecule is C=CN(C)C(=NC)SCC[n+]1ccc(/C=C/c2ccccc2NCCO)cc1. The molecule has 148 valence electrons. The fourth-order valence-electron chi connectivity index (χ4n) is 2.55. The summed E-state index contributed by atoms with van der Waals surface area (Å²) in [6.45, 7) is 5.34. The number of aliphatic hydroxyl groups is 1. The first-order valence-electron chi connectivity index (χ1n) is 9.24.